The fraction of sp³-hybridized carbons (Fsp3) is 0.500. The highest BCUT2D eigenvalue weighted by molar-refractivity contribution is 7.08. The molecule has 17 heavy (non-hydrogen) atoms. The molecule has 2 rings (SSSR count). The minimum absolute atomic E-state index is 0.143. The monoisotopic (exact) mass is 253 g/mol. The Morgan fingerprint density at radius 3 is 2.76 bits per heavy atom. The van der Waals surface area contributed by atoms with Crippen LogP contribution in [0.5, 0.6) is 0 Å². The summed E-state index contributed by atoms with van der Waals surface area (Å²) in [6.45, 7) is 2.43. The lowest BCUT2D eigenvalue weighted by molar-refractivity contribution is -0.143. The van der Waals surface area contributed by atoms with E-state index in [4.69, 9.17) is 5.11 Å². The number of carbonyl (C=O) groups is 2. The smallest absolute Gasteiger partial charge is 0.326 e. The third-order valence-corrected chi connectivity index (χ3v) is 4.00. The highest BCUT2D eigenvalue weighted by Crippen LogP contribution is 2.22. The molecule has 1 N–H and O–H groups in total. The van der Waals surface area contributed by atoms with Crippen LogP contribution in [0.25, 0.3) is 0 Å². The van der Waals surface area contributed by atoms with Gasteiger partial charge in [-0.3, -0.25) is 4.79 Å². The van der Waals surface area contributed by atoms with E-state index in [0.29, 0.717) is 18.5 Å². The Hall–Kier alpha value is -1.36. The van der Waals surface area contributed by atoms with Gasteiger partial charge in [-0.1, -0.05) is 0 Å². The molecule has 0 saturated carbocycles. The molecule has 4 nitrogen and oxygen atoms in total. The van der Waals surface area contributed by atoms with Crippen molar-refractivity contribution in [3.63, 3.8) is 0 Å². The van der Waals surface area contributed by atoms with Gasteiger partial charge >= 0.3 is 5.97 Å². The van der Waals surface area contributed by atoms with Crippen molar-refractivity contribution in [2.45, 2.75) is 32.2 Å². The van der Waals surface area contributed by atoms with Crippen molar-refractivity contribution in [3.05, 3.63) is 21.9 Å². The van der Waals surface area contributed by atoms with Gasteiger partial charge < -0.3 is 10.0 Å². The van der Waals surface area contributed by atoms with Gasteiger partial charge in [0.05, 0.1) is 5.56 Å². The summed E-state index contributed by atoms with van der Waals surface area (Å²) < 4.78 is 0. The first-order chi connectivity index (χ1) is 8.11. The van der Waals surface area contributed by atoms with Crippen LogP contribution in [0.2, 0.25) is 0 Å². The van der Waals surface area contributed by atoms with Crippen LogP contribution in [0.15, 0.2) is 10.8 Å². The SMILES string of the molecule is Cc1cscc1C(=O)N1CCCC[C@@H]1C(=O)O. The van der Waals surface area contributed by atoms with E-state index in [0.717, 1.165) is 18.4 Å². The number of carboxylic acid groups (broad SMARTS) is 1. The van der Waals surface area contributed by atoms with Gasteiger partial charge in [-0.15, -0.1) is 0 Å². The third-order valence-electron chi connectivity index (χ3n) is 3.13. The molecule has 2 heterocycles. The molecular weight excluding hydrogens is 238 g/mol. The van der Waals surface area contributed by atoms with E-state index < -0.39 is 12.0 Å². The molecule has 5 heteroatoms. The van der Waals surface area contributed by atoms with Crippen LogP contribution in [0.4, 0.5) is 0 Å². The summed E-state index contributed by atoms with van der Waals surface area (Å²) >= 11 is 1.47. The van der Waals surface area contributed by atoms with Crippen LogP contribution in [0, 0.1) is 6.92 Å². The van der Waals surface area contributed by atoms with Crippen molar-refractivity contribution in [2.75, 3.05) is 6.54 Å². The van der Waals surface area contributed by atoms with E-state index in [9.17, 15) is 9.59 Å². The zero-order valence-corrected chi connectivity index (χ0v) is 10.5. The average Bonchev–Trinajstić information content (AvgIpc) is 2.74. The van der Waals surface area contributed by atoms with Crippen LogP contribution in [0.1, 0.15) is 35.2 Å². The molecule has 1 fully saturated rings. The van der Waals surface area contributed by atoms with Gasteiger partial charge in [0.1, 0.15) is 6.04 Å². The molecule has 92 valence electrons. The van der Waals surface area contributed by atoms with Crippen LogP contribution in [0.3, 0.4) is 0 Å². The molecular formula is C12H15NO3S. The summed E-state index contributed by atoms with van der Waals surface area (Å²) in [6.07, 6.45) is 2.33. The standard InChI is InChI=1S/C12H15NO3S/c1-8-6-17-7-9(8)11(14)13-5-3-2-4-10(13)12(15)16/h6-7,10H,2-5H2,1H3,(H,15,16)/t10-/m1/s1. The van der Waals surface area contributed by atoms with E-state index in [2.05, 4.69) is 0 Å². The first kappa shape index (κ1) is 12.1. The van der Waals surface area contributed by atoms with Crippen LogP contribution in [-0.4, -0.2) is 34.5 Å². The molecule has 1 aliphatic heterocycles. The lowest BCUT2D eigenvalue weighted by Gasteiger charge is -2.32. The number of carbonyl (C=O) groups excluding carboxylic acids is 1. The summed E-state index contributed by atoms with van der Waals surface area (Å²) in [5.74, 6) is -1.04. The topological polar surface area (TPSA) is 57.6 Å². The van der Waals surface area contributed by atoms with Crippen LogP contribution < -0.4 is 0 Å². The summed E-state index contributed by atoms with van der Waals surface area (Å²) in [4.78, 5) is 24.9. The maximum absolute atomic E-state index is 12.3. The second-order valence-corrected chi connectivity index (χ2v) is 5.06. The van der Waals surface area contributed by atoms with Crippen molar-refractivity contribution < 1.29 is 14.7 Å². The zero-order chi connectivity index (χ0) is 12.4. The Morgan fingerprint density at radius 1 is 1.41 bits per heavy atom. The molecule has 0 aromatic carbocycles. The van der Waals surface area contributed by atoms with Gasteiger partial charge in [0.2, 0.25) is 0 Å². The predicted octanol–water partition coefficient (Wildman–Crippen LogP) is 2.14. The Labute approximate surface area is 104 Å². The third kappa shape index (κ3) is 2.34. The number of hydrogen-bond donors (Lipinski definition) is 1. The van der Waals surface area contributed by atoms with Crippen molar-refractivity contribution in [1.29, 1.82) is 0 Å². The molecule has 0 radical (unpaired) electrons. The van der Waals surface area contributed by atoms with Gasteiger partial charge in [-0.05, 0) is 37.1 Å². The van der Waals surface area contributed by atoms with Gasteiger partial charge in [0.25, 0.3) is 5.91 Å². The average molecular weight is 253 g/mol. The molecule has 1 amide bonds. The number of thiophene rings is 1. The number of hydrogen-bond acceptors (Lipinski definition) is 3. The number of aryl methyl sites for hydroxylation is 1. The van der Waals surface area contributed by atoms with E-state index >= 15 is 0 Å². The molecule has 0 aliphatic carbocycles. The molecule has 0 unspecified atom stereocenters. The first-order valence-corrected chi connectivity index (χ1v) is 6.62. The zero-order valence-electron chi connectivity index (χ0n) is 9.68. The van der Waals surface area contributed by atoms with Crippen molar-refractivity contribution in [1.82, 2.24) is 4.90 Å². The number of rotatable bonds is 2. The summed E-state index contributed by atoms with van der Waals surface area (Å²) in [7, 11) is 0. The minimum Gasteiger partial charge on any atom is -0.480 e. The maximum atomic E-state index is 12.3. The summed E-state index contributed by atoms with van der Waals surface area (Å²) in [5.41, 5.74) is 1.57. The fourth-order valence-electron chi connectivity index (χ4n) is 2.17. The highest BCUT2D eigenvalue weighted by Gasteiger charge is 2.32. The molecule has 0 spiro atoms. The van der Waals surface area contributed by atoms with Gasteiger partial charge in [-0.2, -0.15) is 11.3 Å². The maximum Gasteiger partial charge on any atom is 0.326 e. The molecule has 1 aliphatic rings. The number of carboxylic acids is 1. The molecule has 1 aromatic heterocycles. The number of nitrogens with zero attached hydrogens (tertiary/aromatic N) is 1. The lowest BCUT2D eigenvalue weighted by atomic mass is 10.0. The second kappa shape index (κ2) is 4.87. The molecule has 1 aromatic rings. The van der Waals surface area contributed by atoms with Crippen LogP contribution in [-0.2, 0) is 4.79 Å². The van der Waals surface area contributed by atoms with E-state index in [1.54, 1.807) is 5.38 Å². The Balaban J connectivity index is 2.23. The molecule has 0 bridgehead atoms. The van der Waals surface area contributed by atoms with Gasteiger partial charge in [0.15, 0.2) is 0 Å². The van der Waals surface area contributed by atoms with Crippen LogP contribution >= 0.6 is 11.3 Å². The Morgan fingerprint density at radius 2 is 2.18 bits per heavy atom. The number of likely N-dealkylation sites (tertiary alicyclic amines) is 1. The minimum atomic E-state index is -0.897. The summed E-state index contributed by atoms with van der Waals surface area (Å²) in [6, 6.07) is -0.657. The first-order valence-electron chi connectivity index (χ1n) is 5.68. The Kier molecular flexibility index (Phi) is 3.47. The Bertz CT molecular complexity index is 441. The van der Waals surface area contributed by atoms with Gasteiger partial charge in [-0.25, -0.2) is 4.79 Å². The molecule has 1 saturated heterocycles. The second-order valence-electron chi connectivity index (χ2n) is 4.32. The van der Waals surface area contributed by atoms with Crippen molar-refractivity contribution in [2.24, 2.45) is 0 Å². The highest BCUT2D eigenvalue weighted by atomic mass is 32.1. The number of aliphatic carboxylic acids is 1. The predicted molar refractivity (Wildman–Crippen MR) is 65.4 cm³/mol. The summed E-state index contributed by atoms with van der Waals surface area (Å²) in [5, 5.41) is 12.8. The van der Waals surface area contributed by atoms with Crippen molar-refractivity contribution >= 4 is 23.2 Å². The van der Waals surface area contributed by atoms with Gasteiger partial charge in [0, 0.05) is 11.9 Å². The van der Waals surface area contributed by atoms with Crippen molar-refractivity contribution in [3.8, 4) is 0 Å². The normalized spacial score (nSPS) is 20.3. The quantitative estimate of drug-likeness (QED) is 0.878. The number of amides is 1. The van der Waals surface area contributed by atoms with E-state index in [-0.39, 0.29) is 5.91 Å². The lowest BCUT2D eigenvalue weighted by Crippen LogP contribution is -2.48. The largest absolute Gasteiger partial charge is 0.480 e. The number of piperidine rings is 1. The molecule has 1 atom stereocenters. The fourth-order valence-corrected chi connectivity index (χ4v) is 2.99. The van der Waals surface area contributed by atoms with E-state index in [1.165, 1.54) is 16.2 Å². The van der Waals surface area contributed by atoms with E-state index in [1.807, 2.05) is 12.3 Å².